The summed E-state index contributed by atoms with van der Waals surface area (Å²) < 4.78 is 32.4. The van der Waals surface area contributed by atoms with Crippen LogP contribution in [0.3, 0.4) is 0 Å². The van der Waals surface area contributed by atoms with E-state index in [1.807, 2.05) is 38.1 Å². The topological polar surface area (TPSA) is 72.2 Å². The quantitative estimate of drug-likeness (QED) is 0.648. The Labute approximate surface area is 155 Å². The molecule has 2 aromatic carbocycles. The minimum atomic E-state index is -3.79. The summed E-state index contributed by atoms with van der Waals surface area (Å²) in [5, 5.41) is 2.84. The molecule has 130 valence electrons. The van der Waals surface area contributed by atoms with Gasteiger partial charge in [0.2, 0.25) is 26.6 Å². The SMILES string of the molecule is CCNc1oc(-c2ccc(C)cc2)nc1S(=O)(=O)c1ccc(Br)cc1. The van der Waals surface area contributed by atoms with Crippen LogP contribution in [0.1, 0.15) is 12.5 Å². The zero-order valence-electron chi connectivity index (χ0n) is 13.8. The van der Waals surface area contributed by atoms with Gasteiger partial charge in [0, 0.05) is 16.6 Å². The van der Waals surface area contributed by atoms with E-state index in [0.717, 1.165) is 15.6 Å². The second-order valence-electron chi connectivity index (χ2n) is 5.51. The molecule has 0 bridgehead atoms. The van der Waals surface area contributed by atoms with Crippen molar-refractivity contribution < 1.29 is 12.8 Å². The van der Waals surface area contributed by atoms with Gasteiger partial charge in [0.15, 0.2) is 0 Å². The van der Waals surface area contributed by atoms with Crippen molar-refractivity contribution in [3.8, 4) is 11.5 Å². The van der Waals surface area contributed by atoms with Crippen molar-refractivity contribution >= 4 is 31.7 Å². The largest absolute Gasteiger partial charge is 0.419 e. The van der Waals surface area contributed by atoms with Crippen molar-refractivity contribution in [2.75, 3.05) is 11.9 Å². The fourth-order valence-electron chi connectivity index (χ4n) is 2.31. The number of anilines is 1. The highest BCUT2D eigenvalue weighted by atomic mass is 79.9. The summed E-state index contributed by atoms with van der Waals surface area (Å²) in [5.41, 5.74) is 1.83. The number of aromatic nitrogens is 1. The third-order valence-electron chi connectivity index (χ3n) is 3.61. The molecule has 0 fully saturated rings. The number of oxazole rings is 1. The van der Waals surface area contributed by atoms with Crippen LogP contribution in [-0.4, -0.2) is 19.9 Å². The van der Waals surface area contributed by atoms with E-state index < -0.39 is 9.84 Å². The molecule has 0 aliphatic rings. The molecule has 5 nitrogen and oxygen atoms in total. The van der Waals surface area contributed by atoms with Gasteiger partial charge in [-0.25, -0.2) is 8.42 Å². The van der Waals surface area contributed by atoms with E-state index >= 15 is 0 Å². The third kappa shape index (κ3) is 3.62. The predicted octanol–water partition coefficient (Wildman–Crippen LogP) is 4.68. The Kier molecular flexibility index (Phi) is 4.96. The molecule has 0 unspecified atom stereocenters. The molecule has 0 spiro atoms. The Morgan fingerprint density at radius 3 is 2.32 bits per heavy atom. The standard InChI is InChI=1S/C18H17BrN2O3S/c1-3-20-17-18(25(22,23)15-10-8-14(19)9-11-15)21-16(24-17)13-6-4-12(2)5-7-13/h4-11,20H,3H2,1-2H3. The van der Waals surface area contributed by atoms with Crippen molar-refractivity contribution in [3.63, 3.8) is 0 Å². The molecule has 1 heterocycles. The van der Waals surface area contributed by atoms with Gasteiger partial charge in [0.05, 0.1) is 4.90 Å². The molecular weight excluding hydrogens is 404 g/mol. The molecule has 1 N–H and O–H groups in total. The average molecular weight is 421 g/mol. The molecule has 0 aliphatic carbocycles. The predicted molar refractivity (Wildman–Crippen MR) is 100 cm³/mol. The van der Waals surface area contributed by atoms with Crippen LogP contribution in [0.5, 0.6) is 0 Å². The molecule has 0 saturated carbocycles. The van der Waals surface area contributed by atoms with Crippen LogP contribution in [0.2, 0.25) is 0 Å². The Balaban J connectivity index is 2.11. The lowest BCUT2D eigenvalue weighted by Gasteiger charge is -2.04. The summed E-state index contributed by atoms with van der Waals surface area (Å²) in [6.45, 7) is 4.36. The number of nitrogens with zero attached hydrogens (tertiary/aromatic N) is 1. The van der Waals surface area contributed by atoms with Crippen LogP contribution in [-0.2, 0) is 9.84 Å². The molecule has 3 rings (SSSR count). The maximum absolute atomic E-state index is 13.0. The molecule has 7 heteroatoms. The highest BCUT2D eigenvalue weighted by Crippen LogP contribution is 2.32. The Morgan fingerprint density at radius 2 is 1.72 bits per heavy atom. The highest BCUT2D eigenvalue weighted by molar-refractivity contribution is 9.10. The average Bonchev–Trinajstić information content (AvgIpc) is 3.01. The van der Waals surface area contributed by atoms with Gasteiger partial charge in [-0.1, -0.05) is 33.6 Å². The second-order valence-corrected chi connectivity index (χ2v) is 8.29. The van der Waals surface area contributed by atoms with E-state index in [4.69, 9.17) is 4.42 Å². The van der Waals surface area contributed by atoms with Crippen molar-refractivity contribution in [2.24, 2.45) is 0 Å². The van der Waals surface area contributed by atoms with Crippen molar-refractivity contribution in [3.05, 3.63) is 58.6 Å². The van der Waals surface area contributed by atoms with E-state index in [-0.39, 0.29) is 21.7 Å². The summed E-state index contributed by atoms with van der Waals surface area (Å²) in [6.07, 6.45) is 0. The van der Waals surface area contributed by atoms with E-state index in [1.165, 1.54) is 12.1 Å². The lowest BCUT2D eigenvalue weighted by atomic mass is 10.1. The summed E-state index contributed by atoms with van der Waals surface area (Å²) in [7, 11) is -3.79. The molecule has 0 atom stereocenters. The van der Waals surface area contributed by atoms with Crippen molar-refractivity contribution in [2.45, 2.75) is 23.8 Å². The first kappa shape index (κ1) is 17.7. The van der Waals surface area contributed by atoms with Gasteiger partial charge in [-0.05, 0) is 50.2 Å². The van der Waals surface area contributed by atoms with Gasteiger partial charge in [0.1, 0.15) is 0 Å². The summed E-state index contributed by atoms with van der Waals surface area (Å²) in [4.78, 5) is 4.44. The molecule has 0 amide bonds. The van der Waals surface area contributed by atoms with Gasteiger partial charge in [-0.3, -0.25) is 0 Å². The second kappa shape index (κ2) is 7.01. The number of rotatable bonds is 5. The number of nitrogens with one attached hydrogen (secondary N) is 1. The molecule has 3 aromatic rings. The van der Waals surface area contributed by atoms with Gasteiger partial charge >= 0.3 is 0 Å². The fourth-order valence-corrected chi connectivity index (χ4v) is 3.85. The third-order valence-corrected chi connectivity index (χ3v) is 5.82. The van der Waals surface area contributed by atoms with E-state index in [0.29, 0.717) is 6.54 Å². The van der Waals surface area contributed by atoms with Crippen LogP contribution in [0.15, 0.2) is 67.3 Å². The minimum Gasteiger partial charge on any atom is -0.419 e. The van der Waals surface area contributed by atoms with Crippen LogP contribution < -0.4 is 5.32 Å². The fraction of sp³-hybridized carbons (Fsp3) is 0.167. The maximum atomic E-state index is 13.0. The van der Waals surface area contributed by atoms with Gasteiger partial charge < -0.3 is 9.73 Å². The molecule has 1 aromatic heterocycles. The first-order valence-corrected chi connectivity index (χ1v) is 10.0. The van der Waals surface area contributed by atoms with Crippen molar-refractivity contribution in [1.82, 2.24) is 4.98 Å². The molecule has 0 radical (unpaired) electrons. The number of sulfone groups is 1. The van der Waals surface area contributed by atoms with Gasteiger partial charge in [-0.15, -0.1) is 0 Å². The lowest BCUT2D eigenvalue weighted by Crippen LogP contribution is -2.07. The summed E-state index contributed by atoms with van der Waals surface area (Å²) in [5.74, 6) is 0.424. The van der Waals surface area contributed by atoms with E-state index in [2.05, 4.69) is 26.2 Å². The smallest absolute Gasteiger partial charge is 0.233 e. The number of aryl methyl sites for hydroxylation is 1. The van der Waals surface area contributed by atoms with Crippen LogP contribution in [0.4, 0.5) is 5.88 Å². The first-order chi connectivity index (χ1) is 11.9. The van der Waals surface area contributed by atoms with Gasteiger partial charge in [0.25, 0.3) is 0 Å². The van der Waals surface area contributed by atoms with Crippen LogP contribution in [0.25, 0.3) is 11.5 Å². The maximum Gasteiger partial charge on any atom is 0.233 e. The van der Waals surface area contributed by atoms with E-state index in [1.54, 1.807) is 12.1 Å². The summed E-state index contributed by atoms with van der Waals surface area (Å²) >= 11 is 3.31. The molecule has 25 heavy (non-hydrogen) atoms. The number of benzene rings is 2. The number of hydrogen-bond donors (Lipinski definition) is 1. The highest BCUT2D eigenvalue weighted by Gasteiger charge is 2.28. The van der Waals surface area contributed by atoms with E-state index in [9.17, 15) is 8.42 Å². The normalized spacial score (nSPS) is 11.5. The molecule has 0 saturated heterocycles. The number of hydrogen-bond acceptors (Lipinski definition) is 5. The van der Waals surface area contributed by atoms with Crippen molar-refractivity contribution in [1.29, 1.82) is 0 Å². The lowest BCUT2D eigenvalue weighted by molar-refractivity contribution is 0.578. The van der Waals surface area contributed by atoms with Crippen LogP contribution in [0, 0.1) is 6.92 Å². The van der Waals surface area contributed by atoms with Gasteiger partial charge in [-0.2, -0.15) is 4.98 Å². The Morgan fingerprint density at radius 1 is 1.08 bits per heavy atom. The summed E-state index contributed by atoms with van der Waals surface area (Å²) in [6, 6.07) is 14.0. The Bertz CT molecular complexity index is 978. The minimum absolute atomic E-state index is 0.104. The molecular formula is C18H17BrN2O3S. The monoisotopic (exact) mass is 420 g/mol. The molecule has 0 aliphatic heterocycles. The van der Waals surface area contributed by atoms with Crippen LogP contribution >= 0.6 is 15.9 Å². The first-order valence-electron chi connectivity index (χ1n) is 7.74. The Hall–Kier alpha value is -2.12. The number of halogens is 1. The zero-order valence-corrected chi connectivity index (χ0v) is 16.2. The zero-order chi connectivity index (χ0) is 18.0.